The second-order valence-corrected chi connectivity index (χ2v) is 5.84. The first-order chi connectivity index (χ1) is 9.93. The lowest BCUT2D eigenvalue weighted by atomic mass is 10.0. The van der Waals surface area contributed by atoms with Crippen LogP contribution in [0.25, 0.3) is 0 Å². The summed E-state index contributed by atoms with van der Waals surface area (Å²) in [4.78, 5) is 9.19. The molecule has 1 aromatic rings. The van der Waals surface area contributed by atoms with Crippen molar-refractivity contribution >= 4 is 11.6 Å². The number of rotatable bonds is 9. The van der Waals surface area contributed by atoms with Crippen molar-refractivity contribution in [2.45, 2.75) is 65.9 Å². The summed E-state index contributed by atoms with van der Waals surface area (Å²) >= 11 is 0. The van der Waals surface area contributed by atoms with Gasteiger partial charge in [0.2, 0.25) is 0 Å². The number of aromatic nitrogens is 2. The maximum Gasteiger partial charge on any atom is 0.134 e. The molecule has 1 heterocycles. The fourth-order valence-electron chi connectivity index (χ4n) is 1.89. The van der Waals surface area contributed by atoms with Crippen LogP contribution < -0.4 is 10.6 Å². The van der Waals surface area contributed by atoms with Gasteiger partial charge in [0.1, 0.15) is 17.5 Å². The fraction of sp³-hybridized carbons (Fsp3) is 0.750. The maximum atomic E-state index is 10.1. The van der Waals surface area contributed by atoms with Gasteiger partial charge in [-0.3, -0.25) is 0 Å². The van der Waals surface area contributed by atoms with Gasteiger partial charge in [-0.2, -0.15) is 0 Å². The van der Waals surface area contributed by atoms with Crippen LogP contribution >= 0.6 is 0 Å². The lowest BCUT2D eigenvalue weighted by Gasteiger charge is -2.23. The zero-order valence-electron chi connectivity index (χ0n) is 14.1. The first-order valence-electron chi connectivity index (χ1n) is 8.01. The first kappa shape index (κ1) is 17.7. The van der Waals surface area contributed by atoms with Gasteiger partial charge in [0.25, 0.3) is 0 Å². The summed E-state index contributed by atoms with van der Waals surface area (Å²) in [5.74, 6) is 2.56. The van der Waals surface area contributed by atoms with Crippen LogP contribution in [0.2, 0.25) is 0 Å². The van der Waals surface area contributed by atoms with Gasteiger partial charge in [-0.25, -0.2) is 9.97 Å². The largest absolute Gasteiger partial charge is 0.388 e. The summed E-state index contributed by atoms with van der Waals surface area (Å²) in [5, 5.41) is 16.8. The van der Waals surface area contributed by atoms with Crippen LogP contribution in [0.1, 0.15) is 58.3 Å². The molecule has 0 saturated carbocycles. The van der Waals surface area contributed by atoms with E-state index in [2.05, 4.69) is 34.4 Å². The average molecular weight is 294 g/mol. The topological polar surface area (TPSA) is 70.1 Å². The molecule has 1 aromatic heterocycles. The van der Waals surface area contributed by atoms with Crippen LogP contribution in [0.4, 0.5) is 11.6 Å². The van der Waals surface area contributed by atoms with E-state index in [1.807, 2.05) is 20.8 Å². The molecule has 3 N–H and O–H groups in total. The molecule has 5 heteroatoms. The molecule has 0 bridgehead atoms. The molecule has 0 radical (unpaired) electrons. The monoisotopic (exact) mass is 294 g/mol. The third-order valence-electron chi connectivity index (χ3n) is 3.61. The molecule has 1 atom stereocenters. The number of aliphatic hydroxyl groups is 1. The predicted octanol–water partition coefficient (Wildman–Crippen LogP) is 3.13. The number of hydrogen-bond acceptors (Lipinski definition) is 5. The van der Waals surface area contributed by atoms with E-state index in [0.717, 1.165) is 48.8 Å². The van der Waals surface area contributed by atoms with E-state index in [1.54, 1.807) is 0 Å². The normalized spacial score (nSPS) is 13.8. The molecule has 0 aliphatic rings. The van der Waals surface area contributed by atoms with E-state index in [-0.39, 0.29) is 0 Å². The Morgan fingerprint density at radius 2 is 1.67 bits per heavy atom. The number of aryl methyl sites for hydroxylation is 1. The molecule has 1 unspecified atom stereocenters. The number of nitrogens with one attached hydrogen (secondary N) is 2. The smallest absolute Gasteiger partial charge is 0.134 e. The Bertz CT molecular complexity index is 446. The fourth-order valence-corrected chi connectivity index (χ4v) is 1.89. The van der Waals surface area contributed by atoms with Gasteiger partial charge in [0.05, 0.1) is 5.60 Å². The molecule has 0 spiro atoms. The summed E-state index contributed by atoms with van der Waals surface area (Å²) in [6, 6.07) is 0. The highest BCUT2D eigenvalue weighted by Crippen LogP contribution is 2.21. The van der Waals surface area contributed by atoms with E-state index in [4.69, 9.17) is 0 Å². The second kappa shape index (κ2) is 8.17. The van der Waals surface area contributed by atoms with E-state index in [0.29, 0.717) is 13.0 Å². The van der Waals surface area contributed by atoms with Crippen molar-refractivity contribution in [1.29, 1.82) is 0 Å². The quantitative estimate of drug-likeness (QED) is 0.653. The van der Waals surface area contributed by atoms with Crippen LogP contribution in [-0.2, 0) is 6.42 Å². The van der Waals surface area contributed by atoms with Crippen molar-refractivity contribution in [2.24, 2.45) is 0 Å². The minimum absolute atomic E-state index is 0.486. The Morgan fingerprint density at radius 3 is 2.19 bits per heavy atom. The summed E-state index contributed by atoms with van der Waals surface area (Å²) in [7, 11) is 0. The molecule has 0 amide bonds. The highest BCUT2D eigenvalue weighted by Gasteiger charge is 2.18. The Hall–Kier alpha value is -1.36. The number of anilines is 2. The van der Waals surface area contributed by atoms with E-state index < -0.39 is 5.60 Å². The molecule has 120 valence electrons. The molecular formula is C16H30N4O. The van der Waals surface area contributed by atoms with Gasteiger partial charge in [-0.1, -0.05) is 20.8 Å². The lowest BCUT2D eigenvalue weighted by Crippen LogP contribution is -2.33. The van der Waals surface area contributed by atoms with Crippen LogP contribution in [0.15, 0.2) is 0 Å². The molecule has 1 rings (SSSR count). The van der Waals surface area contributed by atoms with Crippen LogP contribution in [0.5, 0.6) is 0 Å². The number of hydrogen-bond donors (Lipinski definition) is 3. The van der Waals surface area contributed by atoms with Gasteiger partial charge in [0.15, 0.2) is 0 Å². The minimum Gasteiger partial charge on any atom is -0.388 e. The minimum atomic E-state index is -0.723. The van der Waals surface area contributed by atoms with Gasteiger partial charge in [-0.15, -0.1) is 0 Å². The average Bonchev–Trinajstić information content (AvgIpc) is 2.46. The van der Waals surface area contributed by atoms with Crippen molar-refractivity contribution in [3.8, 4) is 0 Å². The molecule has 0 fully saturated rings. The number of nitrogens with zero attached hydrogens (tertiary/aromatic N) is 2. The Kier molecular flexibility index (Phi) is 6.89. The SMILES string of the molecule is CCCNc1nc(CCC)nc(NCC(C)(O)CC)c1C. The van der Waals surface area contributed by atoms with Crippen molar-refractivity contribution in [1.82, 2.24) is 9.97 Å². The van der Waals surface area contributed by atoms with Crippen molar-refractivity contribution in [3.63, 3.8) is 0 Å². The van der Waals surface area contributed by atoms with Gasteiger partial charge in [-0.05, 0) is 33.1 Å². The van der Waals surface area contributed by atoms with Crippen molar-refractivity contribution in [3.05, 3.63) is 11.4 Å². The van der Waals surface area contributed by atoms with Gasteiger partial charge >= 0.3 is 0 Å². The molecule has 0 aromatic carbocycles. The maximum absolute atomic E-state index is 10.1. The summed E-state index contributed by atoms with van der Waals surface area (Å²) in [6.45, 7) is 11.5. The molecule has 0 saturated heterocycles. The van der Waals surface area contributed by atoms with Gasteiger partial charge < -0.3 is 15.7 Å². The molecular weight excluding hydrogens is 264 g/mol. The van der Waals surface area contributed by atoms with E-state index in [9.17, 15) is 5.11 Å². The van der Waals surface area contributed by atoms with E-state index >= 15 is 0 Å². The highest BCUT2D eigenvalue weighted by molar-refractivity contribution is 5.57. The van der Waals surface area contributed by atoms with Crippen LogP contribution in [0, 0.1) is 6.92 Å². The molecule has 0 aliphatic heterocycles. The highest BCUT2D eigenvalue weighted by atomic mass is 16.3. The van der Waals surface area contributed by atoms with Crippen LogP contribution in [-0.4, -0.2) is 33.8 Å². The molecule has 0 aliphatic carbocycles. The summed E-state index contributed by atoms with van der Waals surface area (Å²) in [5.41, 5.74) is 0.287. The van der Waals surface area contributed by atoms with Gasteiger partial charge in [0, 0.05) is 25.1 Å². The first-order valence-corrected chi connectivity index (χ1v) is 8.01. The predicted molar refractivity (Wildman–Crippen MR) is 88.9 cm³/mol. The van der Waals surface area contributed by atoms with E-state index in [1.165, 1.54) is 0 Å². The molecule has 21 heavy (non-hydrogen) atoms. The third-order valence-corrected chi connectivity index (χ3v) is 3.61. The zero-order chi connectivity index (χ0) is 15.9. The third kappa shape index (κ3) is 5.50. The second-order valence-electron chi connectivity index (χ2n) is 5.84. The molecule has 5 nitrogen and oxygen atoms in total. The Labute approximate surface area is 128 Å². The lowest BCUT2D eigenvalue weighted by molar-refractivity contribution is 0.0696. The Morgan fingerprint density at radius 1 is 1.05 bits per heavy atom. The zero-order valence-corrected chi connectivity index (χ0v) is 14.1. The summed E-state index contributed by atoms with van der Waals surface area (Å²) < 4.78 is 0. The summed E-state index contributed by atoms with van der Waals surface area (Å²) in [6.07, 6.45) is 3.63. The van der Waals surface area contributed by atoms with Crippen molar-refractivity contribution < 1.29 is 5.11 Å². The Balaban J connectivity index is 2.96. The van der Waals surface area contributed by atoms with Crippen LogP contribution in [0.3, 0.4) is 0 Å². The van der Waals surface area contributed by atoms with Crippen molar-refractivity contribution in [2.75, 3.05) is 23.7 Å². The standard InChI is InChI=1S/C16H30N4O/c1-6-9-13-19-14(17-10-7-2)12(4)15(20-13)18-11-16(5,21)8-3/h21H,6-11H2,1-5H3,(H2,17,18,19,20).